The molecule has 0 amide bonds. The van der Waals surface area contributed by atoms with Crippen LogP contribution in [0.25, 0.3) is 98.2 Å². The first-order valence-corrected chi connectivity index (χ1v) is 29.3. The molecule has 0 fully saturated rings. The van der Waals surface area contributed by atoms with Crippen molar-refractivity contribution in [2.45, 2.75) is 83.1 Å². The molecule has 76 heavy (non-hydrogen) atoms. The van der Waals surface area contributed by atoms with Gasteiger partial charge in [0.05, 0.1) is 25.4 Å². The van der Waals surface area contributed by atoms with Gasteiger partial charge in [0.2, 0.25) is 0 Å². The second kappa shape index (κ2) is 18.0. The highest BCUT2D eigenvalue weighted by Gasteiger charge is 2.29. The van der Waals surface area contributed by atoms with Crippen molar-refractivity contribution in [1.82, 2.24) is 0 Å². The second-order valence-electron chi connectivity index (χ2n) is 22.0. The Kier molecular flexibility index (Phi) is 11.4. The minimum absolute atomic E-state index is 0.921. The average molecular weight is 1020 g/mol. The van der Waals surface area contributed by atoms with Crippen molar-refractivity contribution in [3.8, 4) is 55.1 Å². The van der Waals surface area contributed by atoms with Gasteiger partial charge < -0.3 is 8.39 Å². The number of hydrogen-bond donors (Lipinski definition) is 0. The zero-order valence-electron chi connectivity index (χ0n) is 45.7. The van der Waals surface area contributed by atoms with Crippen LogP contribution >= 0.6 is 15.5 Å². The Morgan fingerprint density at radius 2 is 0.513 bits per heavy atom. The molecule has 1 heterocycles. The third-order valence-electron chi connectivity index (χ3n) is 16.3. The number of hydrogen-bond acceptors (Lipinski definition) is 2. The van der Waals surface area contributed by atoms with Gasteiger partial charge in [-0.3, -0.25) is 0 Å². The number of benzene rings is 10. The summed E-state index contributed by atoms with van der Waals surface area (Å²) in [6.45, 7) is 27.1. The molecule has 13 rings (SSSR count). The second-order valence-corrected chi connectivity index (χ2v) is 25.4. The molecule has 3 aliphatic rings. The molecular formula is C72H62O2P2. The Morgan fingerprint density at radius 3 is 0.776 bits per heavy atom. The quantitative estimate of drug-likeness (QED) is 0.166. The molecule has 2 nitrogen and oxygen atoms in total. The van der Waals surface area contributed by atoms with E-state index in [9.17, 15) is 0 Å². The van der Waals surface area contributed by atoms with Crippen molar-refractivity contribution in [2.75, 3.05) is 0 Å². The van der Waals surface area contributed by atoms with E-state index in [1.165, 1.54) is 154 Å². The lowest BCUT2D eigenvalue weighted by molar-refractivity contribution is 0.633. The molecule has 0 spiro atoms. The highest BCUT2D eigenvalue weighted by atomic mass is 31.1. The standard InChI is InChI=1S/C72H62O2P2/c1-39-31-43(5)61(44(6)32-39)55-27-17-28-56(62-45(7)33-40(2)34-46(62)8)69(55)75-71-59-25-15-21-51-19-13-23-53(65(51)59)67(71)74-76(72-60-26-16-22-52-20-14-24-54(66(52)60)68(72)73-75)70-57(63-47(9)35-41(3)36-48(63)10)29-18-30-58(70)64-49(11)37-42(4)38-50(64)12/h13-38H,1-12H3. The average Bonchev–Trinajstić information content (AvgIpc) is 4.09. The first kappa shape index (κ1) is 48.1. The van der Waals surface area contributed by atoms with Crippen molar-refractivity contribution in [2.24, 2.45) is 0 Å². The lowest BCUT2D eigenvalue weighted by Gasteiger charge is -2.22. The minimum atomic E-state index is -1.71. The molecular weight excluding hydrogens is 959 g/mol. The van der Waals surface area contributed by atoms with Crippen molar-refractivity contribution in [1.29, 1.82) is 0 Å². The molecule has 1 aliphatic heterocycles. The van der Waals surface area contributed by atoms with Crippen LogP contribution in [0.4, 0.5) is 0 Å². The predicted molar refractivity (Wildman–Crippen MR) is 327 cm³/mol. The molecule has 0 aromatic heterocycles. The summed E-state index contributed by atoms with van der Waals surface area (Å²) in [5.74, 6) is 0. The zero-order valence-corrected chi connectivity index (χ0v) is 47.5. The van der Waals surface area contributed by atoms with Gasteiger partial charge in [-0.2, -0.15) is 0 Å². The maximum atomic E-state index is 8.57. The molecule has 0 saturated carbocycles. The Balaban J connectivity index is 1.37. The molecule has 10 aromatic carbocycles. The maximum Gasteiger partial charge on any atom is 0.153 e. The van der Waals surface area contributed by atoms with E-state index in [1.54, 1.807) is 0 Å². The Hall–Kier alpha value is -7.60. The summed E-state index contributed by atoms with van der Waals surface area (Å²) in [4.78, 5) is 2.26. The largest absolute Gasteiger partial charge is 0.443 e. The SMILES string of the molecule is Cc1cc(C)c(-c2cccc(-c3c(C)cc(C)cc3C)c2-p2oc3c4cccc5cccc(c=3p(-c3c(-c6c(C)cc(C)cc6C)cccc3-c3c(C)cc(C)cc3C)oc3c6cccc7cccc(c2=3)c76)c54)c(C)c1. The summed E-state index contributed by atoms with van der Waals surface area (Å²) < 4.78 is 17.1. The highest BCUT2D eigenvalue weighted by molar-refractivity contribution is 7.52. The molecule has 0 N–H and O–H groups in total. The van der Waals surface area contributed by atoms with Gasteiger partial charge in [0.25, 0.3) is 0 Å². The van der Waals surface area contributed by atoms with Crippen molar-refractivity contribution >= 4 is 58.6 Å². The third kappa shape index (κ3) is 7.36. The summed E-state index contributed by atoms with van der Waals surface area (Å²) in [5, 5.41) is 11.9. The van der Waals surface area contributed by atoms with Crippen LogP contribution in [0.15, 0.2) is 166 Å². The fourth-order valence-electron chi connectivity index (χ4n) is 13.9. The molecule has 0 saturated heterocycles. The van der Waals surface area contributed by atoms with Crippen molar-refractivity contribution in [3.05, 3.63) is 245 Å². The Labute approximate surface area is 448 Å². The highest BCUT2D eigenvalue weighted by Crippen LogP contribution is 2.60. The predicted octanol–water partition coefficient (Wildman–Crippen LogP) is 21.8. The number of aryl methyl sites for hydroxylation is 12. The van der Waals surface area contributed by atoms with Crippen LogP contribution in [-0.2, 0) is 0 Å². The van der Waals surface area contributed by atoms with Gasteiger partial charge in [-0.1, -0.05) is 180 Å². The summed E-state index contributed by atoms with van der Waals surface area (Å²) in [6.07, 6.45) is 0. The van der Waals surface area contributed by atoms with Crippen LogP contribution in [0.3, 0.4) is 0 Å². The molecule has 372 valence electrons. The van der Waals surface area contributed by atoms with Crippen LogP contribution in [0.2, 0.25) is 0 Å². The fourth-order valence-corrected chi connectivity index (χ4v) is 18.7. The van der Waals surface area contributed by atoms with E-state index in [0.717, 1.165) is 31.5 Å². The van der Waals surface area contributed by atoms with Crippen LogP contribution < -0.4 is 0 Å². The van der Waals surface area contributed by atoms with Gasteiger partial charge in [0, 0.05) is 42.9 Å². The van der Waals surface area contributed by atoms with Crippen LogP contribution in [0, 0.1) is 104 Å². The van der Waals surface area contributed by atoms with Crippen LogP contribution in [0.1, 0.15) is 66.8 Å². The smallest absolute Gasteiger partial charge is 0.153 e. The zero-order chi connectivity index (χ0) is 52.6. The van der Waals surface area contributed by atoms with Gasteiger partial charge >= 0.3 is 0 Å². The van der Waals surface area contributed by atoms with Crippen molar-refractivity contribution in [3.63, 3.8) is 0 Å². The molecule has 0 bridgehead atoms. The van der Waals surface area contributed by atoms with E-state index in [-0.39, 0.29) is 0 Å². The van der Waals surface area contributed by atoms with Gasteiger partial charge in [-0.05, 0) is 183 Å². The summed E-state index contributed by atoms with van der Waals surface area (Å²) in [7, 11) is -3.41. The number of rotatable bonds is 6. The van der Waals surface area contributed by atoms with Gasteiger partial charge in [0.1, 0.15) is 0 Å². The number of fused-ring (bicyclic) bond motifs is 4. The topological polar surface area (TPSA) is 26.3 Å². The Bertz CT molecular complexity index is 4220. The van der Waals surface area contributed by atoms with Gasteiger partial charge in [-0.15, -0.1) is 0 Å². The molecule has 2 unspecified atom stereocenters. The van der Waals surface area contributed by atoms with Crippen LogP contribution in [-0.4, -0.2) is 0 Å². The van der Waals surface area contributed by atoms with Crippen LogP contribution in [0.5, 0.6) is 0 Å². The Morgan fingerprint density at radius 1 is 0.276 bits per heavy atom. The van der Waals surface area contributed by atoms with E-state index >= 15 is 0 Å². The normalized spacial score (nSPS) is 12.4. The molecule has 4 heteroatoms. The summed E-state index contributed by atoms with van der Waals surface area (Å²) >= 11 is 0. The maximum absolute atomic E-state index is 8.57. The van der Waals surface area contributed by atoms with Crippen molar-refractivity contribution < 1.29 is 8.39 Å². The van der Waals surface area contributed by atoms with E-state index in [0.29, 0.717) is 0 Å². The first-order valence-electron chi connectivity index (χ1n) is 26.8. The monoisotopic (exact) mass is 1020 g/mol. The molecule has 2 aliphatic carbocycles. The van der Waals surface area contributed by atoms with Gasteiger partial charge in [-0.25, -0.2) is 0 Å². The molecule has 10 aromatic rings. The lowest BCUT2D eigenvalue weighted by atomic mass is 9.89. The van der Waals surface area contributed by atoms with Gasteiger partial charge in [0.15, 0.2) is 10.8 Å². The third-order valence-corrected chi connectivity index (χ3v) is 20.5. The molecule has 0 radical (unpaired) electrons. The fraction of sp³-hybridized carbons (Fsp3) is 0.167. The first-order chi connectivity index (χ1) is 36.7. The summed E-state index contributed by atoms with van der Waals surface area (Å²) in [5.41, 5.74) is 26.8. The van der Waals surface area contributed by atoms with E-state index < -0.39 is 15.5 Å². The lowest BCUT2D eigenvalue weighted by Crippen LogP contribution is -1.96. The molecule has 2 atom stereocenters. The van der Waals surface area contributed by atoms with E-state index in [1.807, 2.05) is 0 Å². The van der Waals surface area contributed by atoms with E-state index in [2.05, 4.69) is 241 Å². The summed E-state index contributed by atoms with van der Waals surface area (Å²) in [6, 6.07) is 60.0. The van der Waals surface area contributed by atoms with E-state index in [4.69, 9.17) is 8.39 Å². The minimum Gasteiger partial charge on any atom is -0.443 e.